The second-order valence-electron chi connectivity index (χ2n) is 6.57. The van der Waals surface area contributed by atoms with E-state index in [0.29, 0.717) is 38.9 Å². The van der Waals surface area contributed by atoms with Gasteiger partial charge in [-0.1, -0.05) is 0 Å². The lowest BCUT2D eigenvalue weighted by atomic mass is 9.95. The summed E-state index contributed by atoms with van der Waals surface area (Å²) in [5.41, 5.74) is -0.964. The molecule has 0 bridgehead atoms. The molecule has 10 heteroatoms. The number of nitrogens with one attached hydrogen (secondary N) is 2. The van der Waals surface area contributed by atoms with Crippen molar-refractivity contribution in [3.63, 3.8) is 0 Å². The van der Waals surface area contributed by atoms with Gasteiger partial charge in [0.05, 0.1) is 0 Å². The Morgan fingerprint density at radius 2 is 1.96 bits per heavy atom. The van der Waals surface area contributed by atoms with Crippen molar-refractivity contribution in [2.24, 2.45) is 5.92 Å². The number of amides is 2. The van der Waals surface area contributed by atoms with Gasteiger partial charge in [-0.3, -0.25) is 9.59 Å². The number of aromatic nitrogens is 2. The van der Waals surface area contributed by atoms with Crippen LogP contribution in [-0.2, 0) is 15.8 Å². The van der Waals surface area contributed by atoms with Crippen LogP contribution in [0, 0.1) is 5.92 Å². The van der Waals surface area contributed by atoms with Gasteiger partial charge in [-0.2, -0.15) is 13.2 Å². The third-order valence-electron chi connectivity index (χ3n) is 4.73. The largest absolute Gasteiger partial charge is 0.433 e. The Bertz CT molecular complexity index is 674. The summed E-state index contributed by atoms with van der Waals surface area (Å²) < 4.78 is 38.3. The molecule has 7 nitrogen and oxygen atoms in total. The van der Waals surface area contributed by atoms with Crippen molar-refractivity contribution in [1.29, 1.82) is 0 Å². The van der Waals surface area contributed by atoms with Crippen molar-refractivity contribution in [1.82, 2.24) is 20.6 Å². The number of piperidine rings is 2. The fraction of sp³-hybridized carbons (Fsp3) is 0.625. The number of carbonyl (C=O) groups is 2. The highest BCUT2D eigenvalue weighted by atomic mass is 19.4. The normalized spacial score (nSPS) is 22.0. The van der Waals surface area contributed by atoms with E-state index in [0.717, 1.165) is 12.4 Å². The third kappa shape index (κ3) is 4.41. The molecule has 1 unspecified atom stereocenters. The van der Waals surface area contributed by atoms with Crippen LogP contribution in [0.1, 0.15) is 31.4 Å². The van der Waals surface area contributed by atoms with E-state index < -0.39 is 11.9 Å². The number of alkyl halides is 3. The van der Waals surface area contributed by atoms with Crippen LogP contribution in [-0.4, -0.2) is 47.5 Å². The highest BCUT2D eigenvalue weighted by Gasteiger charge is 2.34. The van der Waals surface area contributed by atoms with Gasteiger partial charge in [0, 0.05) is 44.1 Å². The highest BCUT2D eigenvalue weighted by molar-refractivity contribution is 5.87. The first kappa shape index (κ1) is 18.4. The number of anilines is 1. The molecule has 0 saturated carbocycles. The predicted molar refractivity (Wildman–Crippen MR) is 86.1 cm³/mol. The van der Waals surface area contributed by atoms with Crippen LogP contribution in [0.25, 0.3) is 0 Å². The molecule has 2 fully saturated rings. The van der Waals surface area contributed by atoms with Gasteiger partial charge in [0.2, 0.25) is 11.8 Å². The van der Waals surface area contributed by atoms with Crippen molar-refractivity contribution in [3.05, 3.63) is 18.1 Å². The maximum absolute atomic E-state index is 12.8. The molecule has 0 aromatic carbocycles. The summed E-state index contributed by atoms with van der Waals surface area (Å²) in [6, 6.07) is 0.896. The second kappa shape index (κ2) is 7.46. The summed E-state index contributed by atoms with van der Waals surface area (Å²) in [6.45, 7) is 1.49. The van der Waals surface area contributed by atoms with Gasteiger partial charge in [0.15, 0.2) is 0 Å². The molecule has 2 saturated heterocycles. The second-order valence-corrected chi connectivity index (χ2v) is 6.57. The molecule has 0 radical (unpaired) electrons. The highest BCUT2D eigenvalue weighted by Crippen LogP contribution is 2.29. The van der Waals surface area contributed by atoms with Crippen molar-refractivity contribution in [3.8, 4) is 0 Å². The zero-order valence-corrected chi connectivity index (χ0v) is 14.1. The fourth-order valence-electron chi connectivity index (χ4n) is 3.25. The van der Waals surface area contributed by atoms with E-state index in [-0.39, 0.29) is 36.0 Å². The van der Waals surface area contributed by atoms with E-state index in [1.807, 2.05) is 0 Å². The Balaban J connectivity index is 1.53. The number of nitrogens with zero attached hydrogens (tertiary/aromatic N) is 3. The van der Waals surface area contributed by atoms with Gasteiger partial charge in [-0.05, 0) is 19.3 Å². The van der Waals surface area contributed by atoms with E-state index in [2.05, 4.69) is 20.6 Å². The molecule has 1 aromatic rings. The Kier molecular flexibility index (Phi) is 5.28. The Morgan fingerprint density at radius 1 is 1.23 bits per heavy atom. The standard InChI is InChI=1S/C16H20F3N5O2/c17-16(18,19)12-8-13(22-9-21-12)24-5-2-11(3-6-24)23-15(26)10-1-4-20-14(25)7-10/h8-11H,1-7H2,(H,20,25)(H,23,26). The predicted octanol–water partition coefficient (Wildman–Crippen LogP) is 1.11. The Labute approximate surface area is 148 Å². The zero-order valence-electron chi connectivity index (χ0n) is 14.1. The summed E-state index contributed by atoms with van der Waals surface area (Å²) in [6.07, 6.45) is -1.55. The summed E-state index contributed by atoms with van der Waals surface area (Å²) in [4.78, 5) is 32.6. The lowest BCUT2D eigenvalue weighted by Crippen LogP contribution is -2.48. The van der Waals surface area contributed by atoms with Crippen molar-refractivity contribution in [2.75, 3.05) is 24.5 Å². The van der Waals surface area contributed by atoms with Crippen LogP contribution < -0.4 is 15.5 Å². The first-order valence-corrected chi connectivity index (χ1v) is 8.54. The molecule has 2 aliphatic rings. The van der Waals surface area contributed by atoms with Gasteiger partial charge in [-0.15, -0.1) is 0 Å². The lowest BCUT2D eigenvalue weighted by molar-refractivity contribution is -0.141. The van der Waals surface area contributed by atoms with Crippen molar-refractivity contribution >= 4 is 17.6 Å². The zero-order chi connectivity index (χ0) is 18.7. The van der Waals surface area contributed by atoms with Crippen LogP contribution in [0.3, 0.4) is 0 Å². The molecule has 2 amide bonds. The van der Waals surface area contributed by atoms with Crippen molar-refractivity contribution < 1.29 is 22.8 Å². The number of carbonyl (C=O) groups excluding carboxylic acids is 2. The number of halogens is 3. The monoisotopic (exact) mass is 371 g/mol. The average molecular weight is 371 g/mol. The minimum Gasteiger partial charge on any atom is -0.356 e. The fourth-order valence-corrected chi connectivity index (χ4v) is 3.25. The van der Waals surface area contributed by atoms with E-state index in [9.17, 15) is 22.8 Å². The van der Waals surface area contributed by atoms with Gasteiger partial charge in [0.1, 0.15) is 17.8 Å². The maximum Gasteiger partial charge on any atom is 0.433 e. The number of hydrogen-bond donors (Lipinski definition) is 2. The summed E-state index contributed by atoms with van der Waals surface area (Å²) in [7, 11) is 0. The molecule has 3 heterocycles. The first-order chi connectivity index (χ1) is 12.3. The van der Waals surface area contributed by atoms with Gasteiger partial charge < -0.3 is 15.5 Å². The molecular weight excluding hydrogens is 351 g/mol. The molecule has 2 N–H and O–H groups in total. The number of rotatable bonds is 3. The summed E-state index contributed by atoms with van der Waals surface area (Å²) in [5.74, 6) is -0.311. The van der Waals surface area contributed by atoms with Gasteiger partial charge in [0.25, 0.3) is 0 Å². The summed E-state index contributed by atoms with van der Waals surface area (Å²) in [5, 5.41) is 5.65. The topological polar surface area (TPSA) is 87.2 Å². The molecule has 26 heavy (non-hydrogen) atoms. The smallest absolute Gasteiger partial charge is 0.356 e. The Hall–Kier alpha value is -2.39. The molecule has 142 valence electrons. The molecule has 2 aliphatic heterocycles. The molecule has 0 aliphatic carbocycles. The first-order valence-electron chi connectivity index (χ1n) is 8.54. The van der Waals surface area contributed by atoms with Crippen LogP contribution in [0.2, 0.25) is 0 Å². The number of hydrogen-bond acceptors (Lipinski definition) is 5. The van der Waals surface area contributed by atoms with Crippen molar-refractivity contribution in [2.45, 2.75) is 37.9 Å². The maximum atomic E-state index is 12.8. The van der Waals surface area contributed by atoms with E-state index in [4.69, 9.17) is 0 Å². The lowest BCUT2D eigenvalue weighted by Gasteiger charge is -2.34. The molecule has 1 atom stereocenters. The van der Waals surface area contributed by atoms with E-state index >= 15 is 0 Å². The molecule has 3 rings (SSSR count). The molecule has 1 aromatic heterocycles. The van der Waals surface area contributed by atoms with Crippen LogP contribution in [0.15, 0.2) is 12.4 Å². The van der Waals surface area contributed by atoms with Crippen LogP contribution in [0.4, 0.5) is 19.0 Å². The minimum absolute atomic E-state index is 0.0485. The minimum atomic E-state index is -4.50. The SMILES string of the molecule is O=C1CC(C(=O)NC2CCN(c3cc(C(F)(F)F)ncn3)CC2)CCN1. The van der Waals surface area contributed by atoms with Gasteiger partial charge in [-0.25, -0.2) is 9.97 Å². The van der Waals surface area contributed by atoms with Crippen LogP contribution >= 0.6 is 0 Å². The summed E-state index contributed by atoms with van der Waals surface area (Å²) >= 11 is 0. The van der Waals surface area contributed by atoms with E-state index in [1.165, 1.54) is 0 Å². The van der Waals surface area contributed by atoms with Gasteiger partial charge >= 0.3 is 6.18 Å². The molecular formula is C16H20F3N5O2. The van der Waals surface area contributed by atoms with E-state index in [1.54, 1.807) is 4.90 Å². The quantitative estimate of drug-likeness (QED) is 0.831. The average Bonchev–Trinajstić information content (AvgIpc) is 2.62. The Morgan fingerprint density at radius 3 is 2.62 bits per heavy atom. The third-order valence-corrected chi connectivity index (χ3v) is 4.73. The van der Waals surface area contributed by atoms with Crippen LogP contribution in [0.5, 0.6) is 0 Å². The molecule has 0 spiro atoms.